The lowest BCUT2D eigenvalue weighted by Gasteiger charge is -2.25. The molecule has 1 aromatic heterocycles. The summed E-state index contributed by atoms with van der Waals surface area (Å²) in [4.78, 5) is 14.5. The standard InChI is InChI=1S/C18H24N4O/c1-2-22-17(11-13-20-22)16-9-6-14-21(16)18(23)19-12-10-15-7-4-3-5-8-15/h3-5,7-8,11,13,16H,2,6,9-10,12,14H2,1H3,(H,19,23). The molecule has 1 fully saturated rings. The van der Waals surface area contributed by atoms with Crippen molar-refractivity contribution in [3.8, 4) is 0 Å². The molecule has 2 heterocycles. The number of benzene rings is 1. The Labute approximate surface area is 137 Å². The van der Waals surface area contributed by atoms with Gasteiger partial charge in [-0.1, -0.05) is 30.3 Å². The molecule has 1 saturated heterocycles. The Morgan fingerprint density at radius 3 is 2.91 bits per heavy atom. The number of hydrogen-bond donors (Lipinski definition) is 1. The van der Waals surface area contributed by atoms with Crippen molar-refractivity contribution in [2.24, 2.45) is 0 Å². The number of aryl methyl sites for hydroxylation is 1. The van der Waals surface area contributed by atoms with Crippen molar-refractivity contribution in [2.75, 3.05) is 13.1 Å². The molecule has 0 radical (unpaired) electrons. The van der Waals surface area contributed by atoms with Crippen molar-refractivity contribution in [3.63, 3.8) is 0 Å². The quantitative estimate of drug-likeness (QED) is 0.922. The van der Waals surface area contributed by atoms with Crippen LogP contribution in [0.3, 0.4) is 0 Å². The fourth-order valence-electron chi connectivity index (χ4n) is 3.27. The SMILES string of the molecule is CCn1nccc1C1CCCN1C(=O)NCCc1ccccc1. The highest BCUT2D eigenvalue weighted by Gasteiger charge is 2.31. The monoisotopic (exact) mass is 312 g/mol. The third-order valence-corrected chi connectivity index (χ3v) is 4.44. The molecule has 5 nitrogen and oxygen atoms in total. The first-order valence-electron chi connectivity index (χ1n) is 8.39. The first kappa shape index (κ1) is 15.6. The second kappa shape index (κ2) is 7.31. The van der Waals surface area contributed by atoms with E-state index in [1.165, 1.54) is 5.56 Å². The molecule has 0 bridgehead atoms. The number of rotatable bonds is 5. The lowest BCUT2D eigenvalue weighted by molar-refractivity contribution is 0.191. The molecular formula is C18H24N4O. The van der Waals surface area contributed by atoms with Gasteiger partial charge >= 0.3 is 6.03 Å². The Morgan fingerprint density at radius 1 is 1.30 bits per heavy atom. The predicted molar refractivity (Wildman–Crippen MR) is 90.1 cm³/mol. The average Bonchev–Trinajstić information content (AvgIpc) is 3.24. The van der Waals surface area contributed by atoms with E-state index in [0.717, 1.165) is 38.0 Å². The van der Waals surface area contributed by atoms with Gasteiger partial charge in [-0.3, -0.25) is 4.68 Å². The summed E-state index contributed by atoms with van der Waals surface area (Å²) in [6.07, 6.45) is 4.74. The Morgan fingerprint density at radius 2 is 2.13 bits per heavy atom. The van der Waals surface area contributed by atoms with Crippen LogP contribution < -0.4 is 5.32 Å². The molecular weight excluding hydrogens is 288 g/mol. The molecule has 23 heavy (non-hydrogen) atoms. The number of carbonyl (C=O) groups excluding carboxylic acids is 1. The van der Waals surface area contributed by atoms with Gasteiger partial charge in [0.2, 0.25) is 0 Å². The van der Waals surface area contributed by atoms with Crippen LogP contribution in [0.25, 0.3) is 0 Å². The van der Waals surface area contributed by atoms with Gasteiger partial charge in [0.15, 0.2) is 0 Å². The molecule has 0 saturated carbocycles. The molecule has 5 heteroatoms. The predicted octanol–water partition coefficient (Wildman–Crippen LogP) is 2.99. The fourth-order valence-corrected chi connectivity index (χ4v) is 3.27. The Hall–Kier alpha value is -2.30. The van der Waals surface area contributed by atoms with E-state index >= 15 is 0 Å². The number of nitrogens with zero attached hydrogens (tertiary/aromatic N) is 3. The van der Waals surface area contributed by atoms with Crippen LogP contribution in [-0.2, 0) is 13.0 Å². The summed E-state index contributed by atoms with van der Waals surface area (Å²) < 4.78 is 1.99. The number of likely N-dealkylation sites (tertiary alicyclic amines) is 1. The highest BCUT2D eigenvalue weighted by atomic mass is 16.2. The van der Waals surface area contributed by atoms with Crippen LogP contribution in [0.2, 0.25) is 0 Å². The van der Waals surface area contributed by atoms with Crippen LogP contribution >= 0.6 is 0 Å². The number of hydrogen-bond acceptors (Lipinski definition) is 2. The maximum absolute atomic E-state index is 12.5. The van der Waals surface area contributed by atoms with E-state index in [2.05, 4.69) is 29.5 Å². The third kappa shape index (κ3) is 3.55. The van der Waals surface area contributed by atoms with Crippen molar-refractivity contribution in [2.45, 2.75) is 38.8 Å². The normalized spacial score (nSPS) is 17.4. The molecule has 1 aromatic carbocycles. The van der Waals surface area contributed by atoms with Gasteiger partial charge < -0.3 is 10.2 Å². The summed E-state index contributed by atoms with van der Waals surface area (Å²) in [6, 6.07) is 12.5. The van der Waals surface area contributed by atoms with Gasteiger partial charge in [-0.2, -0.15) is 5.10 Å². The van der Waals surface area contributed by atoms with Crippen molar-refractivity contribution >= 4 is 6.03 Å². The van der Waals surface area contributed by atoms with Crippen LogP contribution in [0.1, 0.15) is 37.1 Å². The largest absolute Gasteiger partial charge is 0.338 e. The van der Waals surface area contributed by atoms with E-state index in [-0.39, 0.29) is 12.1 Å². The zero-order chi connectivity index (χ0) is 16.1. The van der Waals surface area contributed by atoms with E-state index in [1.54, 1.807) is 0 Å². The number of carbonyl (C=O) groups is 1. The van der Waals surface area contributed by atoms with Gasteiger partial charge in [0, 0.05) is 25.8 Å². The topological polar surface area (TPSA) is 50.2 Å². The average molecular weight is 312 g/mol. The molecule has 1 atom stereocenters. The Bertz CT molecular complexity index is 637. The summed E-state index contributed by atoms with van der Waals surface area (Å²) >= 11 is 0. The molecule has 2 aromatic rings. The smallest absolute Gasteiger partial charge is 0.317 e. The lowest BCUT2D eigenvalue weighted by Crippen LogP contribution is -2.40. The molecule has 1 unspecified atom stereocenters. The van der Waals surface area contributed by atoms with Gasteiger partial charge in [0.05, 0.1) is 11.7 Å². The van der Waals surface area contributed by atoms with Gasteiger partial charge in [0.1, 0.15) is 0 Å². The minimum atomic E-state index is 0.0345. The van der Waals surface area contributed by atoms with E-state index < -0.39 is 0 Å². The molecule has 122 valence electrons. The molecule has 1 N–H and O–H groups in total. The third-order valence-electron chi connectivity index (χ3n) is 4.44. The van der Waals surface area contributed by atoms with E-state index in [9.17, 15) is 4.79 Å². The summed E-state index contributed by atoms with van der Waals surface area (Å²) in [5.41, 5.74) is 2.39. The second-order valence-corrected chi connectivity index (χ2v) is 5.89. The molecule has 1 aliphatic heterocycles. The van der Waals surface area contributed by atoms with Crippen molar-refractivity contribution in [1.29, 1.82) is 0 Å². The molecule has 2 amide bonds. The number of aromatic nitrogens is 2. The fraction of sp³-hybridized carbons (Fsp3) is 0.444. The Kier molecular flexibility index (Phi) is 4.95. The van der Waals surface area contributed by atoms with Crippen molar-refractivity contribution in [3.05, 3.63) is 53.9 Å². The zero-order valence-electron chi connectivity index (χ0n) is 13.6. The highest BCUT2D eigenvalue weighted by Crippen LogP contribution is 2.31. The molecule has 0 spiro atoms. The summed E-state index contributed by atoms with van der Waals surface area (Å²) in [5, 5.41) is 7.39. The maximum atomic E-state index is 12.5. The Balaban J connectivity index is 1.58. The van der Waals surface area contributed by atoms with E-state index in [1.807, 2.05) is 40.0 Å². The van der Waals surface area contributed by atoms with Crippen molar-refractivity contribution < 1.29 is 4.79 Å². The van der Waals surface area contributed by atoms with Crippen LogP contribution in [0.4, 0.5) is 4.79 Å². The summed E-state index contributed by atoms with van der Waals surface area (Å²) in [5.74, 6) is 0. The van der Waals surface area contributed by atoms with Crippen LogP contribution in [0, 0.1) is 0 Å². The number of amides is 2. The highest BCUT2D eigenvalue weighted by molar-refractivity contribution is 5.75. The van der Waals surface area contributed by atoms with Crippen molar-refractivity contribution in [1.82, 2.24) is 20.0 Å². The first-order chi connectivity index (χ1) is 11.3. The minimum Gasteiger partial charge on any atom is -0.338 e. The molecule has 1 aliphatic rings. The maximum Gasteiger partial charge on any atom is 0.317 e. The minimum absolute atomic E-state index is 0.0345. The van der Waals surface area contributed by atoms with Crippen LogP contribution in [0.15, 0.2) is 42.6 Å². The first-order valence-corrected chi connectivity index (χ1v) is 8.39. The van der Waals surface area contributed by atoms with Gasteiger partial charge in [-0.15, -0.1) is 0 Å². The lowest BCUT2D eigenvalue weighted by atomic mass is 10.1. The van der Waals surface area contributed by atoms with E-state index in [4.69, 9.17) is 0 Å². The van der Waals surface area contributed by atoms with Gasteiger partial charge in [-0.05, 0) is 37.8 Å². The summed E-state index contributed by atoms with van der Waals surface area (Å²) in [6.45, 7) is 4.40. The number of urea groups is 1. The second-order valence-electron chi connectivity index (χ2n) is 5.89. The van der Waals surface area contributed by atoms with Crippen LogP contribution in [0.5, 0.6) is 0 Å². The van der Waals surface area contributed by atoms with E-state index in [0.29, 0.717) is 6.54 Å². The van der Waals surface area contributed by atoms with Crippen LogP contribution in [-0.4, -0.2) is 33.8 Å². The summed E-state index contributed by atoms with van der Waals surface area (Å²) in [7, 11) is 0. The van der Waals surface area contributed by atoms with Gasteiger partial charge in [0.25, 0.3) is 0 Å². The molecule has 3 rings (SSSR count). The molecule has 0 aliphatic carbocycles. The zero-order valence-corrected chi connectivity index (χ0v) is 13.6. The number of nitrogens with one attached hydrogen (secondary N) is 1. The van der Waals surface area contributed by atoms with Gasteiger partial charge in [-0.25, -0.2) is 4.79 Å².